The average molecular weight is 214 g/mol. The molecule has 0 atom stereocenters. The summed E-state index contributed by atoms with van der Waals surface area (Å²) in [6, 6.07) is 4.88. The summed E-state index contributed by atoms with van der Waals surface area (Å²) in [6.07, 6.45) is 0. The third-order valence-corrected chi connectivity index (χ3v) is 4.04. The first kappa shape index (κ1) is 11.0. The SMILES string of the molecule is Cc1c(N)cccc1S(=O)(=O)N(C)C. The molecule has 0 saturated carbocycles. The van der Waals surface area contributed by atoms with Crippen molar-refractivity contribution < 1.29 is 8.42 Å². The summed E-state index contributed by atoms with van der Waals surface area (Å²) in [5.74, 6) is 0. The van der Waals surface area contributed by atoms with Gasteiger partial charge in [-0.05, 0) is 24.6 Å². The maximum Gasteiger partial charge on any atom is 0.242 e. The second-order valence-corrected chi connectivity index (χ2v) is 5.38. The molecule has 2 N–H and O–H groups in total. The smallest absolute Gasteiger partial charge is 0.242 e. The fourth-order valence-corrected chi connectivity index (χ4v) is 2.26. The maximum atomic E-state index is 11.8. The van der Waals surface area contributed by atoms with Gasteiger partial charge in [0.1, 0.15) is 0 Å². The van der Waals surface area contributed by atoms with Gasteiger partial charge in [0, 0.05) is 19.8 Å². The third-order valence-electron chi connectivity index (χ3n) is 2.08. The Morgan fingerprint density at radius 2 is 1.86 bits per heavy atom. The highest BCUT2D eigenvalue weighted by Gasteiger charge is 2.19. The van der Waals surface area contributed by atoms with Crippen LogP contribution in [0.4, 0.5) is 5.69 Å². The average Bonchev–Trinajstić information content (AvgIpc) is 2.09. The van der Waals surface area contributed by atoms with Gasteiger partial charge in [0.2, 0.25) is 10.0 Å². The zero-order chi connectivity index (χ0) is 10.9. The molecule has 0 bridgehead atoms. The molecule has 0 spiro atoms. The topological polar surface area (TPSA) is 63.4 Å². The Kier molecular flexibility index (Phi) is 2.82. The van der Waals surface area contributed by atoms with E-state index in [1.54, 1.807) is 25.1 Å². The standard InChI is InChI=1S/C9H14N2O2S/c1-7-8(10)5-4-6-9(7)14(12,13)11(2)3/h4-6H,10H2,1-3H3. The van der Waals surface area contributed by atoms with Crippen molar-refractivity contribution in [2.45, 2.75) is 11.8 Å². The van der Waals surface area contributed by atoms with E-state index >= 15 is 0 Å². The van der Waals surface area contributed by atoms with Crippen molar-refractivity contribution in [2.75, 3.05) is 19.8 Å². The highest BCUT2D eigenvalue weighted by atomic mass is 32.2. The van der Waals surface area contributed by atoms with Crippen LogP contribution in [0.5, 0.6) is 0 Å². The molecule has 1 aromatic rings. The van der Waals surface area contributed by atoms with Crippen LogP contribution >= 0.6 is 0 Å². The predicted molar refractivity (Wildman–Crippen MR) is 56.5 cm³/mol. The number of nitrogen functional groups attached to an aromatic ring is 1. The van der Waals surface area contributed by atoms with Crippen LogP contribution in [0.2, 0.25) is 0 Å². The van der Waals surface area contributed by atoms with Crippen LogP contribution in [0.3, 0.4) is 0 Å². The molecule has 0 aromatic heterocycles. The summed E-state index contributed by atoms with van der Waals surface area (Å²) in [6.45, 7) is 1.70. The Balaban J connectivity index is 3.42. The van der Waals surface area contributed by atoms with E-state index in [9.17, 15) is 8.42 Å². The van der Waals surface area contributed by atoms with Crippen LogP contribution in [-0.4, -0.2) is 26.8 Å². The molecule has 0 aliphatic carbocycles. The first-order valence-electron chi connectivity index (χ1n) is 4.15. The van der Waals surface area contributed by atoms with Crippen molar-refractivity contribution >= 4 is 15.7 Å². The van der Waals surface area contributed by atoms with Gasteiger partial charge >= 0.3 is 0 Å². The maximum absolute atomic E-state index is 11.8. The van der Waals surface area contributed by atoms with E-state index in [0.717, 1.165) is 0 Å². The summed E-state index contributed by atoms with van der Waals surface area (Å²) in [5, 5.41) is 0. The summed E-state index contributed by atoms with van der Waals surface area (Å²) in [7, 11) is -0.381. The minimum absolute atomic E-state index is 0.266. The molecular weight excluding hydrogens is 200 g/mol. The Bertz CT molecular complexity index is 438. The number of hydrogen-bond donors (Lipinski definition) is 1. The molecule has 1 rings (SSSR count). The van der Waals surface area contributed by atoms with Crippen molar-refractivity contribution in [3.8, 4) is 0 Å². The fourth-order valence-electron chi connectivity index (χ4n) is 1.11. The van der Waals surface area contributed by atoms with Gasteiger partial charge in [-0.3, -0.25) is 0 Å². The molecule has 0 fully saturated rings. The van der Waals surface area contributed by atoms with Crippen molar-refractivity contribution in [2.24, 2.45) is 0 Å². The summed E-state index contributed by atoms with van der Waals surface area (Å²) in [4.78, 5) is 0.266. The van der Waals surface area contributed by atoms with E-state index < -0.39 is 10.0 Å². The first-order chi connectivity index (χ1) is 6.37. The number of benzene rings is 1. The van der Waals surface area contributed by atoms with Crippen LogP contribution in [0.25, 0.3) is 0 Å². The molecule has 1 aromatic carbocycles. The number of rotatable bonds is 2. The second kappa shape index (κ2) is 3.59. The monoisotopic (exact) mass is 214 g/mol. The van der Waals surface area contributed by atoms with Crippen molar-refractivity contribution in [3.05, 3.63) is 23.8 Å². The van der Waals surface area contributed by atoms with E-state index in [1.165, 1.54) is 18.4 Å². The number of nitrogens with zero attached hydrogens (tertiary/aromatic N) is 1. The lowest BCUT2D eigenvalue weighted by Gasteiger charge is -2.14. The van der Waals surface area contributed by atoms with Gasteiger partial charge in [-0.25, -0.2) is 12.7 Å². The summed E-state index contributed by atoms with van der Waals surface area (Å²) >= 11 is 0. The van der Waals surface area contributed by atoms with Gasteiger partial charge in [-0.1, -0.05) is 6.07 Å². The molecule has 0 heterocycles. The first-order valence-corrected chi connectivity index (χ1v) is 5.59. The number of hydrogen-bond acceptors (Lipinski definition) is 3. The fraction of sp³-hybridized carbons (Fsp3) is 0.333. The largest absolute Gasteiger partial charge is 0.398 e. The summed E-state index contributed by atoms with van der Waals surface area (Å²) < 4.78 is 24.7. The molecule has 0 aliphatic rings. The van der Waals surface area contributed by atoms with Crippen LogP contribution in [0.1, 0.15) is 5.56 Å². The van der Waals surface area contributed by atoms with Crippen molar-refractivity contribution in [3.63, 3.8) is 0 Å². The number of nitrogens with two attached hydrogens (primary N) is 1. The van der Waals surface area contributed by atoms with E-state index in [4.69, 9.17) is 5.73 Å². The zero-order valence-corrected chi connectivity index (χ0v) is 9.30. The zero-order valence-electron chi connectivity index (χ0n) is 8.48. The van der Waals surface area contributed by atoms with Gasteiger partial charge in [0.05, 0.1) is 4.90 Å². The third kappa shape index (κ3) is 1.73. The highest BCUT2D eigenvalue weighted by Crippen LogP contribution is 2.22. The Hall–Kier alpha value is -1.07. The van der Waals surface area contributed by atoms with Gasteiger partial charge in [-0.2, -0.15) is 0 Å². The molecule has 4 nitrogen and oxygen atoms in total. The quantitative estimate of drug-likeness (QED) is 0.742. The molecule has 78 valence electrons. The lowest BCUT2D eigenvalue weighted by atomic mass is 10.2. The number of anilines is 1. The van der Waals surface area contributed by atoms with Crippen LogP contribution in [0.15, 0.2) is 23.1 Å². The molecular formula is C9H14N2O2S. The molecule has 0 unspecified atom stereocenters. The van der Waals surface area contributed by atoms with Gasteiger partial charge in [0.25, 0.3) is 0 Å². The Labute approximate surface area is 84.4 Å². The van der Waals surface area contributed by atoms with Crippen molar-refractivity contribution in [1.82, 2.24) is 4.31 Å². The van der Waals surface area contributed by atoms with Gasteiger partial charge in [-0.15, -0.1) is 0 Å². The highest BCUT2D eigenvalue weighted by molar-refractivity contribution is 7.89. The Morgan fingerprint density at radius 1 is 1.29 bits per heavy atom. The van der Waals surface area contributed by atoms with Crippen molar-refractivity contribution in [1.29, 1.82) is 0 Å². The van der Waals surface area contributed by atoms with Crippen LogP contribution in [-0.2, 0) is 10.0 Å². The Morgan fingerprint density at radius 3 is 2.36 bits per heavy atom. The van der Waals surface area contributed by atoms with E-state index in [-0.39, 0.29) is 4.90 Å². The van der Waals surface area contributed by atoms with Crippen LogP contribution < -0.4 is 5.73 Å². The molecule has 0 radical (unpaired) electrons. The molecule has 0 aliphatic heterocycles. The number of sulfonamides is 1. The molecule has 0 saturated heterocycles. The lowest BCUT2D eigenvalue weighted by Crippen LogP contribution is -2.23. The normalized spacial score (nSPS) is 12.0. The van der Waals surface area contributed by atoms with Crippen LogP contribution in [0, 0.1) is 6.92 Å². The van der Waals surface area contributed by atoms with E-state index in [2.05, 4.69) is 0 Å². The van der Waals surface area contributed by atoms with E-state index in [0.29, 0.717) is 11.3 Å². The second-order valence-electron chi connectivity index (χ2n) is 3.26. The summed E-state index contributed by atoms with van der Waals surface area (Å²) in [5.41, 5.74) is 6.73. The minimum Gasteiger partial charge on any atom is -0.398 e. The molecule has 14 heavy (non-hydrogen) atoms. The molecule has 5 heteroatoms. The molecule has 0 amide bonds. The van der Waals surface area contributed by atoms with E-state index in [1.807, 2.05) is 0 Å². The van der Waals surface area contributed by atoms with Gasteiger partial charge < -0.3 is 5.73 Å². The predicted octanol–water partition coefficient (Wildman–Crippen LogP) is 0.828. The lowest BCUT2D eigenvalue weighted by molar-refractivity contribution is 0.520. The van der Waals surface area contributed by atoms with Gasteiger partial charge in [0.15, 0.2) is 0 Å². The minimum atomic E-state index is -3.38.